The molecule has 0 fully saturated rings. The molecule has 0 aliphatic heterocycles. The van der Waals surface area contributed by atoms with Crippen LogP contribution in [0.25, 0.3) is 0 Å². The van der Waals surface area contributed by atoms with E-state index < -0.39 is 0 Å². The number of rotatable bonds is 1. The Morgan fingerprint density at radius 1 is 1.82 bits per heavy atom. The zero-order valence-electron chi connectivity index (χ0n) is 5.22. The van der Waals surface area contributed by atoms with Crippen LogP contribution < -0.4 is 5.73 Å². The first-order chi connectivity index (χ1) is 5.27. The van der Waals surface area contributed by atoms with E-state index in [9.17, 15) is 0 Å². The fraction of sp³-hybridized carbons (Fsp3) is 0. The van der Waals surface area contributed by atoms with Gasteiger partial charge in [0.05, 0.1) is 0 Å². The van der Waals surface area contributed by atoms with Gasteiger partial charge in [0, 0.05) is 11.5 Å². The van der Waals surface area contributed by atoms with Crippen molar-refractivity contribution in [1.82, 2.24) is 9.36 Å². The molecule has 3 N–H and O–H groups in total. The second-order valence-corrected chi connectivity index (χ2v) is 2.30. The molecule has 1 rings (SSSR count). The zero-order valence-corrected chi connectivity index (χ0v) is 6.04. The quantitative estimate of drug-likeness (QED) is 0.344. The Hall–Kier alpha value is -1.68. The van der Waals surface area contributed by atoms with E-state index in [1.807, 2.05) is 0 Å². The van der Waals surface area contributed by atoms with E-state index >= 15 is 0 Å². The lowest BCUT2D eigenvalue weighted by Gasteiger charge is -1.81. The van der Waals surface area contributed by atoms with Crippen LogP contribution in [-0.4, -0.2) is 20.3 Å². The molecule has 1 heterocycles. The number of oxime groups is 1. The van der Waals surface area contributed by atoms with Gasteiger partial charge in [-0.05, 0) is 0 Å². The molecule has 0 aliphatic rings. The Balaban J connectivity index is 3.03. The standard InChI is InChI=1S/C4H3N5OS/c5-1-2(8-10)3-7-4(6)11-9-3/h10H,(H2,6,7,9). The largest absolute Gasteiger partial charge is 0.410 e. The van der Waals surface area contributed by atoms with Crippen molar-refractivity contribution in [2.75, 3.05) is 5.73 Å². The molecule has 0 radical (unpaired) electrons. The number of anilines is 1. The summed E-state index contributed by atoms with van der Waals surface area (Å²) in [5, 5.41) is 19.5. The number of nitriles is 1. The summed E-state index contributed by atoms with van der Waals surface area (Å²) in [6.45, 7) is 0. The Kier molecular flexibility index (Phi) is 1.98. The van der Waals surface area contributed by atoms with Gasteiger partial charge in [0.2, 0.25) is 11.5 Å². The Morgan fingerprint density at radius 2 is 2.55 bits per heavy atom. The SMILES string of the molecule is N#CC(=NO)c1nsc(N)n1. The average Bonchev–Trinajstić information content (AvgIpc) is 2.39. The van der Waals surface area contributed by atoms with Gasteiger partial charge in [0.15, 0.2) is 5.13 Å². The highest BCUT2D eigenvalue weighted by molar-refractivity contribution is 7.09. The van der Waals surface area contributed by atoms with Crippen LogP contribution in [-0.2, 0) is 0 Å². The molecule has 0 aliphatic carbocycles. The fourth-order valence-electron chi connectivity index (χ4n) is 0.448. The van der Waals surface area contributed by atoms with Crippen LogP contribution in [0.2, 0.25) is 0 Å². The lowest BCUT2D eigenvalue weighted by Crippen LogP contribution is -1.99. The molecule has 0 spiro atoms. The Morgan fingerprint density at radius 3 is 2.91 bits per heavy atom. The molecule has 0 bridgehead atoms. The van der Waals surface area contributed by atoms with Gasteiger partial charge < -0.3 is 10.9 Å². The first-order valence-electron chi connectivity index (χ1n) is 2.49. The minimum Gasteiger partial charge on any atom is -0.410 e. The van der Waals surface area contributed by atoms with Crippen LogP contribution in [0.5, 0.6) is 0 Å². The molecule has 0 atom stereocenters. The van der Waals surface area contributed by atoms with Gasteiger partial charge in [0.25, 0.3) is 0 Å². The van der Waals surface area contributed by atoms with Gasteiger partial charge in [-0.15, -0.1) is 0 Å². The smallest absolute Gasteiger partial charge is 0.225 e. The van der Waals surface area contributed by atoms with E-state index in [-0.39, 0.29) is 16.7 Å². The molecule has 0 unspecified atom stereocenters. The minimum absolute atomic E-state index is 0.0532. The predicted molar refractivity (Wildman–Crippen MR) is 38.3 cm³/mol. The average molecular weight is 169 g/mol. The summed E-state index contributed by atoms with van der Waals surface area (Å²) in [6, 6.07) is 1.61. The molecule has 7 heteroatoms. The molecular formula is C4H3N5OS. The molecule has 0 saturated heterocycles. The zero-order chi connectivity index (χ0) is 8.27. The van der Waals surface area contributed by atoms with Gasteiger partial charge in [0.1, 0.15) is 6.07 Å². The van der Waals surface area contributed by atoms with Crippen LogP contribution in [0.4, 0.5) is 5.13 Å². The van der Waals surface area contributed by atoms with Gasteiger partial charge in [-0.3, -0.25) is 0 Å². The van der Waals surface area contributed by atoms with E-state index in [1.54, 1.807) is 6.07 Å². The van der Waals surface area contributed by atoms with Crippen molar-refractivity contribution >= 4 is 22.4 Å². The lowest BCUT2D eigenvalue weighted by atomic mass is 10.4. The van der Waals surface area contributed by atoms with Crippen LogP contribution in [0, 0.1) is 11.3 Å². The van der Waals surface area contributed by atoms with E-state index in [1.165, 1.54) is 0 Å². The normalized spacial score (nSPS) is 11.0. The molecule has 0 aromatic carbocycles. The second-order valence-electron chi connectivity index (χ2n) is 1.52. The second kappa shape index (κ2) is 2.94. The van der Waals surface area contributed by atoms with Crippen molar-refractivity contribution in [3.63, 3.8) is 0 Å². The molecule has 1 aromatic rings. The maximum Gasteiger partial charge on any atom is 0.225 e. The van der Waals surface area contributed by atoms with Gasteiger partial charge in [-0.2, -0.15) is 14.6 Å². The van der Waals surface area contributed by atoms with Crippen LogP contribution in [0.3, 0.4) is 0 Å². The number of hydrogen-bond donors (Lipinski definition) is 2. The number of nitrogen functional groups attached to an aromatic ring is 1. The van der Waals surface area contributed by atoms with Crippen LogP contribution >= 0.6 is 11.5 Å². The summed E-state index contributed by atoms with van der Waals surface area (Å²) >= 11 is 0.937. The minimum atomic E-state index is -0.238. The van der Waals surface area contributed by atoms with Gasteiger partial charge in [-0.1, -0.05) is 5.16 Å². The fourth-order valence-corrected chi connectivity index (χ4v) is 0.883. The molecular weight excluding hydrogens is 166 g/mol. The van der Waals surface area contributed by atoms with E-state index in [4.69, 9.17) is 16.2 Å². The number of aromatic nitrogens is 2. The molecule has 6 nitrogen and oxygen atoms in total. The van der Waals surface area contributed by atoms with Crippen LogP contribution in [0.1, 0.15) is 5.82 Å². The third-order valence-corrected chi connectivity index (χ3v) is 1.40. The lowest BCUT2D eigenvalue weighted by molar-refractivity contribution is 0.320. The maximum atomic E-state index is 8.33. The summed E-state index contributed by atoms with van der Waals surface area (Å²) in [4.78, 5) is 3.62. The van der Waals surface area contributed by atoms with Gasteiger partial charge >= 0.3 is 0 Å². The van der Waals surface area contributed by atoms with E-state index in [0.29, 0.717) is 0 Å². The predicted octanol–water partition coefficient (Wildman–Crippen LogP) is -0.178. The summed E-state index contributed by atoms with van der Waals surface area (Å²) in [5.74, 6) is 0.0532. The summed E-state index contributed by atoms with van der Waals surface area (Å²) in [7, 11) is 0. The molecule has 0 saturated carbocycles. The topological polar surface area (TPSA) is 108 Å². The van der Waals surface area contributed by atoms with Crippen molar-refractivity contribution < 1.29 is 5.21 Å². The first kappa shape index (κ1) is 7.43. The van der Waals surface area contributed by atoms with Crippen molar-refractivity contribution in [1.29, 1.82) is 5.26 Å². The summed E-state index contributed by atoms with van der Waals surface area (Å²) in [5.41, 5.74) is 4.99. The highest BCUT2D eigenvalue weighted by Crippen LogP contribution is 2.05. The number of nitrogens with zero attached hydrogens (tertiary/aromatic N) is 4. The van der Waals surface area contributed by atoms with Crippen molar-refractivity contribution in [2.45, 2.75) is 0 Å². The van der Waals surface area contributed by atoms with E-state index in [0.717, 1.165) is 11.5 Å². The summed E-state index contributed by atoms with van der Waals surface area (Å²) < 4.78 is 3.65. The monoisotopic (exact) mass is 169 g/mol. The Bertz CT molecular complexity index is 323. The summed E-state index contributed by atoms with van der Waals surface area (Å²) in [6.07, 6.45) is 0. The highest BCUT2D eigenvalue weighted by atomic mass is 32.1. The third kappa shape index (κ3) is 1.42. The molecule has 0 amide bonds. The maximum absolute atomic E-state index is 8.33. The van der Waals surface area contributed by atoms with Crippen molar-refractivity contribution in [3.05, 3.63) is 5.82 Å². The van der Waals surface area contributed by atoms with Crippen molar-refractivity contribution in [2.24, 2.45) is 5.16 Å². The van der Waals surface area contributed by atoms with Crippen molar-refractivity contribution in [3.8, 4) is 6.07 Å². The van der Waals surface area contributed by atoms with Crippen LogP contribution in [0.15, 0.2) is 5.16 Å². The Labute approximate surface area is 65.8 Å². The molecule has 1 aromatic heterocycles. The van der Waals surface area contributed by atoms with Gasteiger partial charge in [-0.25, -0.2) is 0 Å². The third-order valence-electron chi connectivity index (χ3n) is 0.859. The highest BCUT2D eigenvalue weighted by Gasteiger charge is 2.08. The van der Waals surface area contributed by atoms with E-state index in [2.05, 4.69) is 14.5 Å². The first-order valence-corrected chi connectivity index (χ1v) is 3.27. The number of hydrogen-bond acceptors (Lipinski definition) is 7. The molecule has 56 valence electrons. The molecule has 11 heavy (non-hydrogen) atoms. The number of nitrogens with two attached hydrogens (primary N) is 1.